The molecular formula is C5H17BO6. The second-order valence-electron chi connectivity index (χ2n) is 1.79. The Morgan fingerprint density at radius 2 is 1.33 bits per heavy atom. The minimum atomic E-state index is -2.17. The Labute approximate surface area is 72.2 Å². The first-order valence-corrected chi connectivity index (χ1v) is 3.15. The molecule has 7 heteroatoms. The van der Waals surface area contributed by atoms with Gasteiger partial charge in [-0.05, 0) is 6.92 Å². The van der Waals surface area contributed by atoms with Gasteiger partial charge in [-0.3, -0.25) is 0 Å². The summed E-state index contributed by atoms with van der Waals surface area (Å²) in [4.78, 5) is 0. The Morgan fingerprint density at radius 3 is 1.33 bits per heavy atom. The fourth-order valence-electron chi connectivity index (χ4n) is 0. The van der Waals surface area contributed by atoms with Crippen LogP contribution in [0.15, 0.2) is 0 Å². The molecule has 0 spiro atoms. The molecule has 0 aliphatic carbocycles. The predicted molar refractivity (Wildman–Crippen MR) is 44.1 cm³/mol. The van der Waals surface area contributed by atoms with Crippen molar-refractivity contribution in [3.63, 3.8) is 0 Å². The van der Waals surface area contributed by atoms with E-state index in [2.05, 4.69) is 4.74 Å². The highest BCUT2D eigenvalue weighted by atomic mass is 16.5. The lowest BCUT2D eigenvalue weighted by atomic mass is 10.3. The summed E-state index contributed by atoms with van der Waals surface area (Å²) >= 11 is 0. The van der Waals surface area contributed by atoms with Crippen LogP contribution in [0.4, 0.5) is 0 Å². The third-order valence-corrected chi connectivity index (χ3v) is 0.264. The molecule has 0 amide bonds. The summed E-state index contributed by atoms with van der Waals surface area (Å²) in [5.41, 5.74) is 0. The van der Waals surface area contributed by atoms with E-state index >= 15 is 0 Å². The summed E-state index contributed by atoms with van der Waals surface area (Å²) in [7, 11) is 1.08. The highest BCUT2D eigenvalue weighted by Gasteiger charge is 1.92. The number of ether oxygens (including phenoxy) is 1. The first-order valence-electron chi connectivity index (χ1n) is 3.15. The molecule has 0 heterocycles. The molecular weight excluding hydrogens is 167 g/mol. The highest BCUT2D eigenvalue weighted by molar-refractivity contribution is 6.30. The van der Waals surface area contributed by atoms with E-state index in [1.165, 1.54) is 6.92 Å². The molecule has 0 rings (SSSR count). The Hall–Kier alpha value is -0.175. The van der Waals surface area contributed by atoms with Crippen LogP contribution in [0.5, 0.6) is 0 Å². The van der Waals surface area contributed by atoms with Crippen molar-refractivity contribution in [2.45, 2.75) is 13.0 Å². The molecule has 0 aromatic carbocycles. The van der Waals surface area contributed by atoms with E-state index in [4.69, 9.17) is 25.3 Å². The molecule has 0 fully saturated rings. The Morgan fingerprint density at radius 1 is 1.25 bits per heavy atom. The highest BCUT2D eigenvalue weighted by Crippen LogP contribution is 1.68. The third-order valence-electron chi connectivity index (χ3n) is 0.264. The lowest BCUT2D eigenvalue weighted by Gasteiger charge is -1.90. The molecule has 0 aromatic heterocycles. The van der Waals surface area contributed by atoms with Crippen LogP contribution in [-0.4, -0.2) is 59.5 Å². The van der Waals surface area contributed by atoms with Gasteiger partial charge in [-0.25, -0.2) is 0 Å². The van der Waals surface area contributed by atoms with Gasteiger partial charge in [0.25, 0.3) is 0 Å². The van der Waals surface area contributed by atoms with Crippen LogP contribution < -0.4 is 0 Å². The fraction of sp³-hybridized carbons (Fsp3) is 1.00. The van der Waals surface area contributed by atoms with Crippen LogP contribution in [0.3, 0.4) is 0 Å². The summed E-state index contributed by atoms with van der Waals surface area (Å²) < 4.78 is 4.25. The van der Waals surface area contributed by atoms with Crippen LogP contribution in [0.2, 0.25) is 0 Å². The van der Waals surface area contributed by atoms with Gasteiger partial charge in [-0.1, -0.05) is 0 Å². The number of aliphatic hydroxyl groups is 2. The number of aliphatic hydroxyl groups excluding tert-OH is 2. The molecule has 6 nitrogen and oxygen atoms in total. The maximum absolute atomic E-state index is 8.11. The summed E-state index contributed by atoms with van der Waals surface area (Å²) in [5, 5.41) is 37.5. The minimum absolute atomic E-state index is 0.139. The van der Waals surface area contributed by atoms with Gasteiger partial charge in [0.05, 0.1) is 12.7 Å². The first-order chi connectivity index (χ1) is 5.42. The third kappa shape index (κ3) is 230. The zero-order chi connectivity index (χ0) is 10.6. The van der Waals surface area contributed by atoms with Crippen LogP contribution >= 0.6 is 0 Å². The quantitative estimate of drug-likeness (QED) is 0.290. The topological polar surface area (TPSA) is 110 Å². The molecule has 1 atom stereocenters. The van der Waals surface area contributed by atoms with Crippen LogP contribution in [0.1, 0.15) is 6.92 Å². The van der Waals surface area contributed by atoms with Gasteiger partial charge < -0.3 is 30.0 Å². The van der Waals surface area contributed by atoms with Crippen molar-refractivity contribution < 1.29 is 30.0 Å². The molecule has 0 radical (unpaired) electrons. The smallest absolute Gasteiger partial charge is 0.402 e. The van der Waals surface area contributed by atoms with Crippen molar-refractivity contribution in [3.8, 4) is 0 Å². The van der Waals surface area contributed by atoms with Gasteiger partial charge in [0, 0.05) is 14.2 Å². The van der Waals surface area contributed by atoms with E-state index in [0.717, 1.165) is 0 Å². The van der Waals surface area contributed by atoms with Gasteiger partial charge in [-0.15, -0.1) is 0 Å². The van der Waals surface area contributed by atoms with Gasteiger partial charge in [-0.2, -0.15) is 0 Å². The van der Waals surface area contributed by atoms with Crippen molar-refractivity contribution in [2.75, 3.05) is 20.8 Å². The van der Waals surface area contributed by atoms with Gasteiger partial charge in [0.1, 0.15) is 0 Å². The molecule has 12 heavy (non-hydrogen) atoms. The largest absolute Gasteiger partial charge is 0.631 e. The number of hydrogen-bond donors (Lipinski definition) is 5. The summed E-state index contributed by atoms with van der Waals surface area (Å²) in [5.74, 6) is 0. The summed E-state index contributed by atoms with van der Waals surface area (Å²) in [6, 6.07) is 0. The lowest BCUT2D eigenvalue weighted by Crippen LogP contribution is -2.07. The molecule has 76 valence electrons. The lowest BCUT2D eigenvalue weighted by molar-refractivity contribution is 0.110. The van der Waals surface area contributed by atoms with E-state index in [9.17, 15) is 0 Å². The van der Waals surface area contributed by atoms with E-state index in [1.807, 2.05) is 0 Å². The first kappa shape index (κ1) is 17.8. The molecule has 0 aromatic rings. The molecule has 0 saturated carbocycles. The fourth-order valence-corrected chi connectivity index (χ4v) is 0. The van der Waals surface area contributed by atoms with Crippen molar-refractivity contribution in [2.24, 2.45) is 0 Å². The molecule has 0 saturated heterocycles. The van der Waals surface area contributed by atoms with E-state index < -0.39 is 13.4 Å². The summed E-state index contributed by atoms with van der Waals surface area (Å²) in [6.45, 7) is 1.39. The predicted octanol–water partition coefficient (Wildman–Crippen LogP) is -2.43. The van der Waals surface area contributed by atoms with Crippen LogP contribution in [0.25, 0.3) is 0 Å². The SMILES string of the molecule is CC(O)CO.COC.OB(O)O. The Bertz CT molecular complexity index is 57.1. The van der Waals surface area contributed by atoms with Gasteiger partial charge in [0.2, 0.25) is 0 Å². The average molecular weight is 184 g/mol. The normalized spacial score (nSPS) is 10.0. The van der Waals surface area contributed by atoms with Gasteiger partial charge >= 0.3 is 7.32 Å². The van der Waals surface area contributed by atoms with Crippen LogP contribution in [-0.2, 0) is 4.74 Å². The van der Waals surface area contributed by atoms with Crippen molar-refractivity contribution in [1.29, 1.82) is 0 Å². The maximum Gasteiger partial charge on any atom is 0.631 e. The number of methoxy groups -OCH3 is 1. The Balaban J connectivity index is -0.000000105. The molecule has 5 N–H and O–H groups in total. The minimum Gasteiger partial charge on any atom is -0.402 e. The second kappa shape index (κ2) is 17.1. The zero-order valence-electron chi connectivity index (χ0n) is 7.51. The van der Waals surface area contributed by atoms with E-state index in [-0.39, 0.29) is 6.61 Å². The Kier molecular flexibility index (Phi) is 25.3. The molecule has 0 aliphatic heterocycles. The van der Waals surface area contributed by atoms with E-state index in [0.29, 0.717) is 0 Å². The average Bonchev–Trinajstić information content (AvgIpc) is 1.88. The number of hydrogen-bond acceptors (Lipinski definition) is 6. The second-order valence-corrected chi connectivity index (χ2v) is 1.79. The van der Waals surface area contributed by atoms with Gasteiger partial charge in [0.15, 0.2) is 0 Å². The van der Waals surface area contributed by atoms with Crippen molar-refractivity contribution >= 4 is 7.32 Å². The maximum atomic E-state index is 8.11. The molecule has 0 aliphatic rings. The van der Waals surface area contributed by atoms with Crippen molar-refractivity contribution in [1.82, 2.24) is 0 Å². The molecule has 0 bridgehead atoms. The monoisotopic (exact) mass is 184 g/mol. The standard InChI is InChI=1S/C3H8O2.C2H6O.BH3O3/c1-3(5)2-4;1-3-2;2-1(3)4/h3-5H,2H2,1H3;1-2H3;2-4H. The summed E-state index contributed by atoms with van der Waals surface area (Å²) in [6.07, 6.45) is -0.560. The number of rotatable bonds is 1. The van der Waals surface area contributed by atoms with E-state index in [1.54, 1.807) is 14.2 Å². The zero-order valence-corrected chi connectivity index (χ0v) is 7.51. The molecule has 1 unspecified atom stereocenters. The van der Waals surface area contributed by atoms with Crippen LogP contribution in [0, 0.1) is 0 Å². The van der Waals surface area contributed by atoms with Crippen molar-refractivity contribution in [3.05, 3.63) is 0 Å².